The van der Waals surface area contributed by atoms with Crippen LogP contribution in [0.1, 0.15) is 29.7 Å². The largest absolute Gasteiger partial charge is 0.496 e. The first-order chi connectivity index (χ1) is 24.6. The number of esters is 1. The van der Waals surface area contributed by atoms with E-state index >= 15 is 0 Å². The van der Waals surface area contributed by atoms with Crippen molar-refractivity contribution < 1.29 is 32.2 Å². The van der Waals surface area contributed by atoms with Gasteiger partial charge in [0.05, 0.1) is 23.8 Å². The zero-order chi connectivity index (χ0) is 35.9. The molecule has 0 aliphatic carbocycles. The van der Waals surface area contributed by atoms with Gasteiger partial charge in [-0.3, -0.25) is 9.36 Å². The fourth-order valence-corrected chi connectivity index (χ4v) is 7.38. The Morgan fingerprint density at radius 1 is 0.922 bits per heavy atom. The molecule has 1 aliphatic heterocycles. The van der Waals surface area contributed by atoms with Crippen LogP contribution in [0.4, 0.5) is 13.2 Å². The Balaban J connectivity index is 1.51. The molecule has 0 bridgehead atoms. The fourth-order valence-electron chi connectivity index (χ4n) is 6.27. The minimum Gasteiger partial charge on any atom is -0.496 e. The van der Waals surface area contributed by atoms with Crippen LogP contribution in [0.15, 0.2) is 118 Å². The number of carbonyl (C=O) groups excluding carboxylic acids is 1. The van der Waals surface area contributed by atoms with Crippen LogP contribution in [0.2, 0.25) is 5.02 Å². The van der Waals surface area contributed by atoms with E-state index in [2.05, 4.69) is 4.99 Å². The van der Waals surface area contributed by atoms with Crippen molar-refractivity contribution in [3.05, 3.63) is 150 Å². The number of hydrogen-bond donors (Lipinski definition) is 0. The quantitative estimate of drug-likeness (QED) is 0.149. The van der Waals surface area contributed by atoms with E-state index in [9.17, 15) is 22.8 Å². The van der Waals surface area contributed by atoms with Crippen LogP contribution in [0, 0.1) is 0 Å². The van der Waals surface area contributed by atoms with Gasteiger partial charge in [-0.15, -0.1) is 0 Å². The Hall–Kier alpha value is -5.39. The molecule has 12 heteroatoms. The second-order valence-electron chi connectivity index (χ2n) is 11.6. The first-order valence-corrected chi connectivity index (χ1v) is 17.0. The molecule has 5 aromatic carbocycles. The van der Waals surface area contributed by atoms with Crippen molar-refractivity contribution in [1.82, 2.24) is 4.57 Å². The van der Waals surface area contributed by atoms with Crippen molar-refractivity contribution in [1.29, 1.82) is 0 Å². The van der Waals surface area contributed by atoms with Crippen LogP contribution in [0.3, 0.4) is 0 Å². The number of benzene rings is 5. The Bertz CT molecular complexity index is 2540. The highest BCUT2D eigenvalue weighted by Crippen LogP contribution is 2.43. The highest BCUT2D eigenvalue weighted by Gasteiger charge is 2.46. The number of rotatable bonds is 8. The van der Waals surface area contributed by atoms with Crippen molar-refractivity contribution in [2.24, 2.45) is 4.99 Å². The van der Waals surface area contributed by atoms with Crippen LogP contribution in [-0.2, 0) is 16.1 Å². The summed E-state index contributed by atoms with van der Waals surface area (Å²) in [5, 5.41) is 3.36. The first kappa shape index (κ1) is 34.1. The minimum atomic E-state index is -5.06. The number of thiazole rings is 1. The van der Waals surface area contributed by atoms with Crippen molar-refractivity contribution >= 4 is 56.5 Å². The lowest BCUT2D eigenvalue weighted by molar-refractivity contribution is -0.140. The summed E-state index contributed by atoms with van der Waals surface area (Å²) < 4.78 is 63.0. The molecule has 7 rings (SSSR count). The maximum atomic E-state index is 14.9. The zero-order valence-corrected chi connectivity index (χ0v) is 28.7. The van der Waals surface area contributed by atoms with Crippen LogP contribution in [0.25, 0.3) is 27.6 Å². The fraction of sp³-hybridized carbons (Fsp3) is 0.154. The number of aromatic nitrogens is 1. The zero-order valence-electron chi connectivity index (χ0n) is 27.2. The maximum absolute atomic E-state index is 14.9. The van der Waals surface area contributed by atoms with Gasteiger partial charge in [0, 0.05) is 16.1 Å². The molecule has 1 aromatic heterocycles. The molecule has 1 aliphatic rings. The van der Waals surface area contributed by atoms with E-state index < -0.39 is 35.0 Å². The third-order valence-electron chi connectivity index (χ3n) is 8.53. The highest BCUT2D eigenvalue weighted by atomic mass is 35.5. The topological polar surface area (TPSA) is 79.1 Å². The van der Waals surface area contributed by atoms with Gasteiger partial charge in [-0.1, -0.05) is 95.7 Å². The van der Waals surface area contributed by atoms with E-state index in [4.69, 9.17) is 25.8 Å². The van der Waals surface area contributed by atoms with Gasteiger partial charge in [0.25, 0.3) is 5.56 Å². The smallest absolute Gasteiger partial charge is 0.434 e. The number of allylic oxidation sites excluding steroid dienone is 1. The normalized spacial score (nSPS) is 14.8. The summed E-state index contributed by atoms with van der Waals surface area (Å²) in [5.41, 5.74) is -1.31. The summed E-state index contributed by atoms with van der Waals surface area (Å²) >= 11 is 6.84. The van der Waals surface area contributed by atoms with E-state index in [0.29, 0.717) is 27.1 Å². The van der Waals surface area contributed by atoms with E-state index in [-0.39, 0.29) is 33.9 Å². The summed E-state index contributed by atoms with van der Waals surface area (Å²) in [7, 11) is 1.38. The molecule has 0 spiro atoms. The molecule has 0 saturated carbocycles. The molecular formula is C39H28ClF3N2O5S. The minimum absolute atomic E-state index is 0.0808. The molecule has 2 heterocycles. The summed E-state index contributed by atoms with van der Waals surface area (Å²) in [6.07, 6.45) is -3.46. The van der Waals surface area contributed by atoms with Gasteiger partial charge >= 0.3 is 12.1 Å². The van der Waals surface area contributed by atoms with E-state index in [1.807, 2.05) is 42.5 Å². The summed E-state index contributed by atoms with van der Waals surface area (Å²) in [4.78, 5) is 31.9. The average Bonchev–Trinajstić information content (AvgIpc) is 3.44. The van der Waals surface area contributed by atoms with Gasteiger partial charge in [0.1, 0.15) is 24.1 Å². The van der Waals surface area contributed by atoms with Gasteiger partial charge in [0.2, 0.25) is 0 Å². The second kappa shape index (κ2) is 13.7. The third kappa shape index (κ3) is 6.39. The van der Waals surface area contributed by atoms with Crippen LogP contribution in [-0.4, -0.2) is 30.4 Å². The molecule has 0 amide bonds. The number of methoxy groups -OCH3 is 1. The SMILES string of the molecule is CCOC(=O)C1=C(C(F)(F)F)N=c2s/c(=C\c3c(OCc4ccc(Cl)cc4)ccc4ccccc34)c(=O)n2[C@@H]1c1c(OC)ccc2ccccc12. The van der Waals surface area contributed by atoms with Crippen LogP contribution in [0.5, 0.6) is 11.5 Å². The van der Waals surface area contributed by atoms with Crippen LogP contribution >= 0.6 is 22.9 Å². The Morgan fingerprint density at radius 3 is 2.24 bits per heavy atom. The predicted octanol–water partition coefficient (Wildman–Crippen LogP) is 7.89. The number of halogens is 4. The van der Waals surface area contributed by atoms with Gasteiger partial charge in [-0.25, -0.2) is 9.79 Å². The van der Waals surface area contributed by atoms with Gasteiger partial charge in [0.15, 0.2) is 10.5 Å². The maximum Gasteiger partial charge on any atom is 0.434 e. The number of fused-ring (bicyclic) bond motifs is 3. The number of ether oxygens (including phenoxy) is 3. The number of hydrogen-bond acceptors (Lipinski definition) is 7. The van der Waals surface area contributed by atoms with Gasteiger partial charge in [-0.2, -0.15) is 13.2 Å². The molecule has 0 saturated heterocycles. The first-order valence-electron chi connectivity index (χ1n) is 15.8. The van der Waals surface area contributed by atoms with Gasteiger partial charge in [-0.05, 0) is 64.4 Å². The lowest BCUT2D eigenvalue weighted by Gasteiger charge is -2.28. The van der Waals surface area contributed by atoms with E-state index in [1.165, 1.54) is 14.0 Å². The molecule has 0 N–H and O–H groups in total. The number of nitrogens with zero attached hydrogens (tertiary/aromatic N) is 2. The third-order valence-corrected chi connectivity index (χ3v) is 9.77. The van der Waals surface area contributed by atoms with Crippen molar-refractivity contribution in [3.8, 4) is 11.5 Å². The Kier molecular flexibility index (Phi) is 9.17. The second-order valence-corrected chi connectivity index (χ2v) is 13.0. The molecule has 1 atom stereocenters. The monoisotopic (exact) mass is 728 g/mol. The number of carbonyl (C=O) groups is 1. The average molecular weight is 729 g/mol. The lowest BCUT2D eigenvalue weighted by Crippen LogP contribution is -2.41. The summed E-state index contributed by atoms with van der Waals surface area (Å²) in [5.74, 6) is -0.606. The molecule has 0 fully saturated rings. The highest BCUT2D eigenvalue weighted by molar-refractivity contribution is 7.07. The molecule has 7 nitrogen and oxygen atoms in total. The summed E-state index contributed by atoms with van der Waals surface area (Å²) in [6.45, 7) is 1.48. The van der Waals surface area contributed by atoms with Crippen molar-refractivity contribution in [2.75, 3.05) is 13.7 Å². The molecule has 0 unspecified atom stereocenters. The van der Waals surface area contributed by atoms with Crippen molar-refractivity contribution in [2.45, 2.75) is 25.7 Å². The number of alkyl halides is 3. The van der Waals surface area contributed by atoms with Crippen LogP contribution < -0.4 is 24.4 Å². The predicted molar refractivity (Wildman–Crippen MR) is 191 cm³/mol. The standard InChI is InChI=1S/C39H28ClF3N2O5S/c1-3-49-37(47)33-34(32-27-11-7-5-9-24(27)15-19-30(32)48-2)45-36(46)31(51-38(45)44-35(33)39(41,42)43)20-28-26-10-6-4-8-23(26)14-18-29(28)50-21-22-12-16-25(40)17-13-22/h4-20,34H,3,21H2,1-2H3/b31-20-/t34-/m1/s1. The molecule has 258 valence electrons. The molecule has 6 aromatic rings. The van der Waals surface area contributed by atoms with E-state index in [0.717, 1.165) is 32.2 Å². The van der Waals surface area contributed by atoms with E-state index in [1.54, 1.807) is 60.7 Å². The molecule has 51 heavy (non-hydrogen) atoms. The van der Waals surface area contributed by atoms with Gasteiger partial charge < -0.3 is 14.2 Å². The lowest BCUT2D eigenvalue weighted by atomic mass is 9.90. The molecule has 0 radical (unpaired) electrons. The summed E-state index contributed by atoms with van der Waals surface area (Å²) in [6, 6.07) is 27.1. The Morgan fingerprint density at radius 2 is 1.57 bits per heavy atom. The Labute approximate surface area is 298 Å². The van der Waals surface area contributed by atoms with Crippen molar-refractivity contribution in [3.63, 3.8) is 0 Å². The molecular weight excluding hydrogens is 701 g/mol.